The molecule has 0 spiro atoms. The van der Waals surface area contributed by atoms with Gasteiger partial charge < -0.3 is 10.1 Å². The molecule has 1 aromatic heterocycles. The van der Waals surface area contributed by atoms with Gasteiger partial charge in [0.25, 0.3) is 5.19 Å². The lowest BCUT2D eigenvalue weighted by Crippen LogP contribution is -2.11. The van der Waals surface area contributed by atoms with Crippen molar-refractivity contribution < 1.29 is 9.13 Å². The molecule has 1 heterocycles. The number of benzene rings is 1. The third-order valence-corrected chi connectivity index (χ3v) is 3.18. The summed E-state index contributed by atoms with van der Waals surface area (Å²) < 4.78 is 18.6. The molecule has 1 aromatic carbocycles. The van der Waals surface area contributed by atoms with E-state index >= 15 is 0 Å². The van der Waals surface area contributed by atoms with Gasteiger partial charge in [-0.15, -0.1) is 5.10 Å². The van der Waals surface area contributed by atoms with Crippen molar-refractivity contribution in [3.8, 4) is 10.9 Å². The van der Waals surface area contributed by atoms with E-state index in [-0.39, 0.29) is 5.02 Å². The summed E-state index contributed by atoms with van der Waals surface area (Å²) in [5.74, 6) is -0.172. The molecule has 2 rings (SSSR count). The van der Waals surface area contributed by atoms with E-state index in [1.165, 1.54) is 23.5 Å². The summed E-state index contributed by atoms with van der Waals surface area (Å²) >= 11 is 6.90. The highest BCUT2D eigenvalue weighted by molar-refractivity contribution is 7.13. The van der Waals surface area contributed by atoms with Crippen LogP contribution in [0.25, 0.3) is 0 Å². The molecular weight excluding hydrogens is 277 g/mol. The highest BCUT2D eigenvalue weighted by Gasteiger charge is 2.07. The predicted octanol–water partition coefficient (Wildman–Crippen LogP) is 3.23. The smallest absolute Gasteiger partial charge is 0.299 e. The highest BCUT2D eigenvalue weighted by atomic mass is 35.5. The minimum absolute atomic E-state index is 0.0625. The molecule has 2 aromatic rings. The minimum atomic E-state index is -0.522. The molecule has 0 amide bonds. The van der Waals surface area contributed by atoms with Crippen molar-refractivity contribution in [1.82, 2.24) is 15.5 Å². The van der Waals surface area contributed by atoms with Gasteiger partial charge in [-0.25, -0.2) is 4.39 Å². The van der Waals surface area contributed by atoms with Crippen LogP contribution in [0.4, 0.5) is 4.39 Å². The lowest BCUT2D eigenvalue weighted by molar-refractivity contribution is 0.467. The van der Waals surface area contributed by atoms with Crippen molar-refractivity contribution in [3.63, 3.8) is 0 Å². The van der Waals surface area contributed by atoms with Gasteiger partial charge in [0.2, 0.25) is 0 Å². The Kier molecular flexibility index (Phi) is 4.46. The second-order valence-electron chi connectivity index (χ2n) is 3.42. The highest BCUT2D eigenvalue weighted by Crippen LogP contribution is 2.27. The van der Waals surface area contributed by atoms with Crippen LogP contribution in [0.3, 0.4) is 0 Å². The van der Waals surface area contributed by atoms with E-state index in [2.05, 4.69) is 15.5 Å². The topological polar surface area (TPSA) is 47.0 Å². The summed E-state index contributed by atoms with van der Waals surface area (Å²) in [5, 5.41) is 12.2. The SMILES string of the molecule is CCNCc1nnc(Oc2ccc(Cl)c(F)c2)s1. The Morgan fingerprint density at radius 3 is 3.00 bits per heavy atom. The zero-order chi connectivity index (χ0) is 13.0. The van der Waals surface area contributed by atoms with Crippen LogP contribution in [0.5, 0.6) is 10.9 Å². The lowest BCUT2D eigenvalue weighted by Gasteiger charge is -2.01. The zero-order valence-electron chi connectivity index (χ0n) is 9.61. The molecule has 0 aliphatic rings. The Bertz CT molecular complexity index is 535. The molecule has 7 heteroatoms. The number of rotatable bonds is 5. The van der Waals surface area contributed by atoms with E-state index in [1.54, 1.807) is 6.07 Å². The standard InChI is InChI=1S/C11H11ClFN3OS/c1-2-14-6-10-15-16-11(18-10)17-7-3-4-8(12)9(13)5-7/h3-5,14H,2,6H2,1H3. The number of halogens is 2. The fourth-order valence-electron chi connectivity index (χ4n) is 1.22. The van der Waals surface area contributed by atoms with Crippen LogP contribution in [-0.2, 0) is 6.54 Å². The number of hydrogen-bond donors (Lipinski definition) is 1. The normalized spacial score (nSPS) is 10.6. The van der Waals surface area contributed by atoms with Crippen molar-refractivity contribution in [3.05, 3.63) is 34.0 Å². The summed E-state index contributed by atoms with van der Waals surface area (Å²) in [6.07, 6.45) is 0. The maximum Gasteiger partial charge on any atom is 0.299 e. The van der Waals surface area contributed by atoms with E-state index in [0.29, 0.717) is 17.5 Å². The summed E-state index contributed by atoms with van der Waals surface area (Å²) in [4.78, 5) is 0. The van der Waals surface area contributed by atoms with Gasteiger partial charge in [-0.1, -0.05) is 35.0 Å². The van der Waals surface area contributed by atoms with E-state index in [9.17, 15) is 4.39 Å². The first kappa shape index (κ1) is 13.2. The molecule has 0 atom stereocenters. The molecule has 1 N–H and O–H groups in total. The first-order valence-electron chi connectivity index (χ1n) is 5.35. The van der Waals surface area contributed by atoms with Crippen molar-refractivity contribution >= 4 is 22.9 Å². The Balaban J connectivity index is 2.04. The van der Waals surface area contributed by atoms with Crippen LogP contribution >= 0.6 is 22.9 Å². The molecule has 0 aliphatic heterocycles. The van der Waals surface area contributed by atoms with Gasteiger partial charge in [0.05, 0.1) is 5.02 Å². The molecule has 18 heavy (non-hydrogen) atoms. The maximum atomic E-state index is 13.2. The second kappa shape index (κ2) is 6.08. The van der Waals surface area contributed by atoms with Crippen molar-refractivity contribution in [2.45, 2.75) is 13.5 Å². The van der Waals surface area contributed by atoms with Crippen molar-refractivity contribution in [2.24, 2.45) is 0 Å². The Hall–Kier alpha value is -1.24. The fraction of sp³-hybridized carbons (Fsp3) is 0.273. The Morgan fingerprint density at radius 1 is 1.44 bits per heavy atom. The molecule has 0 radical (unpaired) electrons. The monoisotopic (exact) mass is 287 g/mol. The average Bonchev–Trinajstić information content (AvgIpc) is 2.79. The summed E-state index contributed by atoms with van der Waals surface area (Å²) in [5.41, 5.74) is 0. The lowest BCUT2D eigenvalue weighted by atomic mass is 10.3. The van der Waals surface area contributed by atoms with Crippen LogP contribution < -0.4 is 10.1 Å². The Morgan fingerprint density at radius 2 is 2.28 bits per heavy atom. The van der Waals surface area contributed by atoms with Crippen molar-refractivity contribution in [1.29, 1.82) is 0 Å². The second-order valence-corrected chi connectivity index (χ2v) is 4.85. The molecule has 0 saturated heterocycles. The van der Waals surface area contributed by atoms with E-state index in [1.807, 2.05) is 6.92 Å². The predicted molar refractivity (Wildman–Crippen MR) is 68.8 cm³/mol. The molecule has 0 unspecified atom stereocenters. The van der Waals surface area contributed by atoms with Gasteiger partial charge in [0, 0.05) is 12.6 Å². The fourth-order valence-corrected chi connectivity index (χ4v) is 2.02. The molecular formula is C11H11ClFN3OS. The third-order valence-electron chi connectivity index (χ3n) is 2.07. The number of aromatic nitrogens is 2. The van der Waals surface area contributed by atoms with Gasteiger partial charge in [-0.05, 0) is 18.7 Å². The van der Waals surface area contributed by atoms with Crippen LogP contribution in [0.1, 0.15) is 11.9 Å². The summed E-state index contributed by atoms with van der Waals surface area (Å²) in [6.45, 7) is 3.51. The Labute approximate surface area is 113 Å². The number of ether oxygens (including phenoxy) is 1. The van der Waals surface area contributed by atoms with Crippen LogP contribution in [-0.4, -0.2) is 16.7 Å². The van der Waals surface area contributed by atoms with E-state index < -0.39 is 5.82 Å². The summed E-state index contributed by atoms with van der Waals surface area (Å²) in [6, 6.07) is 4.23. The maximum absolute atomic E-state index is 13.2. The first-order valence-corrected chi connectivity index (χ1v) is 6.54. The van der Waals surface area contributed by atoms with Gasteiger partial charge in [0.15, 0.2) is 0 Å². The number of nitrogens with one attached hydrogen (secondary N) is 1. The zero-order valence-corrected chi connectivity index (χ0v) is 11.2. The van der Waals surface area contributed by atoms with Gasteiger partial charge >= 0.3 is 0 Å². The van der Waals surface area contributed by atoms with Gasteiger partial charge in [-0.2, -0.15) is 0 Å². The number of hydrogen-bond acceptors (Lipinski definition) is 5. The van der Waals surface area contributed by atoms with Gasteiger partial charge in [0.1, 0.15) is 16.6 Å². The van der Waals surface area contributed by atoms with E-state index in [4.69, 9.17) is 16.3 Å². The van der Waals surface area contributed by atoms with Gasteiger partial charge in [-0.3, -0.25) is 0 Å². The minimum Gasteiger partial charge on any atom is -0.430 e. The largest absolute Gasteiger partial charge is 0.430 e. The van der Waals surface area contributed by atoms with Crippen LogP contribution in [0.2, 0.25) is 5.02 Å². The molecule has 0 bridgehead atoms. The number of nitrogens with zero attached hydrogens (tertiary/aromatic N) is 2. The first-order chi connectivity index (χ1) is 8.69. The molecule has 96 valence electrons. The van der Waals surface area contributed by atoms with Crippen molar-refractivity contribution in [2.75, 3.05) is 6.54 Å². The van der Waals surface area contributed by atoms with Crippen LogP contribution in [0, 0.1) is 5.82 Å². The molecule has 0 fully saturated rings. The molecule has 4 nitrogen and oxygen atoms in total. The van der Waals surface area contributed by atoms with Crippen LogP contribution in [0.15, 0.2) is 18.2 Å². The molecule has 0 saturated carbocycles. The molecule has 0 aliphatic carbocycles. The third kappa shape index (κ3) is 3.38. The summed E-state index contributed by atoms with van der Waals surface area (Å²) in [7, 11) is 0. The quantitative estimate of drug-likeness (QED) is 0.917. The van der Waals surface area contributed by atoms with E-state index in [0.717, 1.165) is 11.6 Å². The average molecular weight is 288 g/mol.